The second-order valence-corrected chi connectivity index (χ2v) is 6.06. The fourth-order valence-electron chi connectivity index (χ4n) is 3.32. The van der Waals surface area contributed by atoms with E-state index in [9.17, 15) is 0 Å². The standard InChI is InChI=1S/C15H30N2O/c1-3-15-12-18-13(2)11-17(15)9-5-7-14-6-4-8-16-10-14/h13-16H,3-12H2,1-2H3. The summed E-state index contributed by atoms with van der Waals surface area (Å²) in [5.74, 6) is 0.928. The maximum atomic E-state index is 5.76. The highest BCUT2D eigenvalue weighted by Crippen LogP contribution is 2.19. The molecule has 3 unspecified atom stereocenters. The van der Waals surface area contributed by atoms with Gasteiger partial charge in [-0.3, -0.25) is 4.90 Å². The van der Waals surface area contributed by atoms with E-state index in [1.54, 1.807) is 0 Å². The van der Waals surface area contributed by atoms with Crippen LogP contribution in [0.2, 0.25) is 0 Å². The predicted molar refractivity (Wildman–Crippen MR) is 75.9 cm³/mol. The Morgan fingerprint density at radius 2 is 2.28 bits per heavy atom. The van der Waals surface area contributed by atoms with Crippen LogP contribution in [0.3, 0.4) is 0 Å². The molecule has 106 valence electrons. The Bertz CT molecular complexity index is 229. The van der Waals surface area contributed by atoms with Gasteiger partial charge in [-0.15, -0.1) is 0 Å². The van der Waals surface area contributed by atoms with Gasteiger partial charge in [0.1, 0.15) is 0 Å². The highest BCUT2D eigenvalue weighted by atomic mass is 16.5. The molecule has 0 aliphatic carbocycles. The first-order valence-electron chi connectivity index (χ1n) is 7.86. The Hall–Kier alpha value is -0.120. The zero-order chi connectivity index (χ0) is 12.8. The molecule has 2 saturated heterocycles. The lowest BCUT2D eigenvalue weighted by Crippen LogP contribution is -2.48. The number of piperidine rings is 1. The van der Waals surface area contributed by atoms with Crippen molar-refractivity contribution in [2.24, 2.45) is 5.92 Å². The van der Waals surface area contributed by atoms with E-state index in [4.69, 9.17) is 4.74 Å². The summed E-state index contributed by atoms with van der Waals surface area (Å²) in [6.45, 7) is 10.3. The van der Waals surface area contributed by atoms with Gasteiger partial charge >= 0.3 is 0 Å². The van der Waals surface area contributed by atoms with Crippen LogP contribution < -0.4 is 5.32 Å². The Balaban J connectivity index is 1.67. The van der Waals surface area contributed by atoms with E-state index in [-0.39, 0.29) is 0 Å². The van der Waals surface area contributed by atoms with Crippen molar-refractivity contribution in [2.75, 3.05) is 32.8 Å². The van der Waals surface area contributed by atoms with E-state index in [1.165, 1.54) is 51.7 Å². The van der Waals surface area contributed by atoms with Crippen LogP contribution >= 0.6 is 0 Å². The third-order valence-electron chi connectivity index (χ3n) is 4.51. The minimum absolute atomic E-state index is 0.421. The molecular formula is C15H30N2O. The largest absolute Gasteiger partial charge is 0.376 e. The van der Waals surface area contributed by atoms with Crippen molar-refractivity contribution in [3.63, 3.8) is 0 Å². The van der Waals surface area contributed by atoms with Crippen molar-refractivity contribution in [1.82, 2.24) is 10.2 Å². The fourth-order valence-corrected chi connectivity index (χ4v) is 3.32. The summed E-state index contributed by atoms with van der Waals surface area (Å²) in [6, 6.07) is 0.658. The highest BCUT2D eigenvalue weighted by Gasteiger charge is 2.25. The van der Waals surface area contributed by atoms with Crippen LogP contribution in [-0.4, -0.2) is 49.8 Å². The van der Waals surface area contributed by atoms with Gasteiger partial charge in [-0.1, -0.05) is 6.92 Å². The number of ether oxygens (including phenoxy) is 1. The van der Waals surface area contributed by atoms with Crippen LogP contribution in [0.25, 0.3) is 0 Å². The number of nitrogens with one attached hydrogen (secondary N) is 1. The van der Waals surface area contributed by atoms with E-state index < -0.39 is 0 Å². The van der Waals surface area contributed by atoms with Gasteiger partial charge in [-0.05, 0) is 64.6 Å². The second kappa shape index (κ2) is 7.46. The van der Waals surface area contributed by atoms with E-state index >= 15 is 0 Å². The lowest BCUT2D eigenvalue weighted by atomic mass is 9.94. The van der Waals surface area contributed by atoms with Crippen LogP contribution in [0.15, 0.2) is 0 Å². The first kappa shape index (κ1) is 14.3. The molecule has 3 atom stereocenters. The van der Waals surface area contributed by atoms with Gasteiger partial charge in [0, 0.05) is 12.6 Å². The number of morpholine rings is 1. The molecule has 0 aromatic carbocycles. The van der Waals surface area contributed by atoms with Gasteiger partial charge in [0.25, 0.3) is 0 Å². The second-order valence-electron chi connectivity index (χ2n) is 6.06. The molecule has 1 N–H and O–H groups in total. The molecule has 0 amide bonds. The molecule has 2 rings (SSSR count). The summed E-state index contributed by atoms with van der Waals surface area (Å²) >= 11 is 0. The lowest BCUT2D eigenvalue weighted by Gasteiger charge is -2.38. The van der Waals surface area contributed by atoms with Gasteiger partial charge in [0.15, 0.2) is 0 Å². The molecule has 0 radical (unpaired) electrons. The topological polar surface area (TPSA) is 24.5 Å². The molecular weight excluding hydrogens is 224 g/mol. The van der Waals surface area contributed by atoms with Crippen LogP contribution in [0.5, 0.6) is 0 Å². The molecule has 0 saturated carbocycles. The monoisotopic (exact) mass is 254 g/mol. The number of nitrogens with zero attached hydrogens (tertiary/aromatic N) is 1. The van der Waals surface area contributed by atoms with Crippen molar-refractivity contribution in [3.8, 4) is 0 Å². The van der Waals surface area contributed by atoms with E-state index in [1.807, 2.05) is 0 Å². The van der Waals surface area contributed by atoms with Gasteiger partial charge in [-0.2, -0.15) is 0 Å². The van der Waals surface area contributed by atoms with Crippen molar-refractivity contribution >= 4 is 0 Å². The van der Waals surface area contributed by atoms with E-state index in [2.05, 4.69) is 24.1 Å². The molecule has 3 nitrogen and oxygen atoms in total. The Morgan fingerprint density at radius 1 is 1.39 bits per heavy atom. The maximum Gasteiger partial charge on any atom is 0.0674 e. The van der Waals surface area contributed by atoms with Crippen LogP contribution in [-0.2, 0) is 4.74 Å². The third-order valence-corrected chi connectivity index (χ3v) is 4.51. The van der Waals surface area contributed by atoms with Gasteiger partial charge < -0.3 is 10.1 Å². The van der Waals surface area contributed by atoms with Gasteiger partial charge in [0.05, 0.1) is 12.7 Å². The third kappa shape index (κ3) is 4.22. The summed E-state index contributed by atoms with van der Waals surface area (Å²) in [5, 5.41) is 3.52. The molecule has 0 aromatic heterocycles. The van der Waals surface area contributed by atoms with E-state index in [0.29, 0.717) is 12.1 Å². The molecule has 0 bridgehead atoms. The minimum Gasteiger partial charge on any atom is -0.376 e. The minimum atomic E-state index is 0.421. The van der Waals surface area contributed by atoms with Crippen molar-refractivity contribution in [2.45, 2.75) is 58.1 Å². The van der Waals surface area contributed by atoms with Crippen LogP contribution in [0, 0.1) is 5.92 Å². The smallest absolute Gasteiger partial charge is 0.0674 e. The Morgan fingerprint density at radius 3 is 3.00 bits per heavy atom. The molecule has 18 heavy (non-hydrogen) atoms. The van der Waals surface area contributed by atoms with Gasteiger partial charge in [-0.25, -0.2) is 0 Å². The number of rotatable bonds is 5. The molecule has 2 heterocycles. The molecule has 2 aliphatic heterocycles. The number of hydrogen-bond acceptors (Lipinski definition) is 3. The summed E-state index contributed by atoms with van der Waals surface area (Å²) in [6.07, 6.45) is 7.20. The zero-order valence-corrected chi connectivity index (χ0v) is 12.2. The SMILES string of the molecule is CCC1COC(C)CN1CCCC1CCCNC1. The summed E-state index contributed by atoms with van der Waals surface area (Å²) in [5.41, 5.74) is 0. The Kier molecular flexibility index (Phi) is 5.93. The van der Waals surface area contributed by atoms with Crippen LogP contribution in [0.4, 0.5) is 0 Å². The highest BCUT2D eigenvalue weighted by molar-refractivity contribution is 4.78. The zero-order valence-electron chi connectivity index (χ0n) is 12.2. The summed E-state index contributed by atoms with van der Waals surface area (Å²) in [4.78, 5) is 2.66. The first-order chi connectivity index (χ1) is 8.79. The molecule has 0 aromatic rings. The van der Waals surface area contributed by atoms with Gasteiger partial charge in [0.2, 0.25) is 0 Å². The fraction of sp³-hybridized carbons (Fsp3) is 1.00. The molecule has 3 heteroatoms. The van der Waals surface area contributed by atoms with Crippen LogP contribution in [0.1, 0.15) is 46.0 Å². The number of hydrogen-bond donors (Lipinski definition) is 1. The average molecular weight is 254 g/mol. The molecule has 2 aliphatic rings. The first-order valence-corrected chi connectivity index (χ1v) is 7.86. The van der Waals surface area contributed by atoms with Crippen molar-refractivity contribution < 1.29 is 4.74 Å². The van der Waals surface area contributed by atoms with Crippen molar-refractivity contribution in [3.05, 3.63) is 0 Å². The Labute approximate surface area is 112 Å². The summed E-state index contributed by atoms with van der Waals surface area (Å²) in [7, 11) is 0. The maximum absolute atomic E-state index is 5.76. The molecule has 0 spiro atoms. The van der Waals surface area contributed by atoms with Crippen molar-refractivity contribution in [1.29, 1.82) is 0 Å². The predicted octanol–water partition coefficient (Wildman–Crippen LogP) is 2.27. The quantitative estimate of drug-likeness (QED) is 0.814. The normalized spacial score (nSPS) is 34.7. The lowest BCUT2D eigenvalue weighted by molar-refractivity contribution is -0.0564. The summed E-state index contributed by atoms with van der Waals surface area (Å²) < 4.78 is 5.76. The van der Waals surface area contributed by atoms with E-state index in [0.717, 1.165) is 19.1 Å². The average Bonchev–Trinajstić information content (AvgIpc) is 2.40. The molecule has 2 fully saturated rings.